The molecular weight excluding hydrogens is 268 g/mol. The van der Waals surface area contributed by atoms with Gasteiger partial charge in [0.1, 0.15) is 5.69 Å². The summed E-state index contributed by atoms with van der Waals surface area (Å²) >= 11 is 0. The van der Waals surface area contributed by atoms with E-state index in [1.165, 1.54) is 25.0 Å². The van der Waals surface area contributed by atoms with Gasteiger partial charge in [0, 0.05) is 25.2 Å². The number of piperidine rings is 1. The predicted octanol–water partition coefficient (Wildman–Crippen LogP) is 2.43. The number of nitro benzene ring substituents is 1. The molecule has 1 unspecified atom stereocenters. The van der Waals surface area contributed by atoms with Crippen LogP contribution in [0.25, 0.3) is 0 Å². The van der Waals surface area contributed by atoms with E-state index in [2.05, 4.69) is 11.4 Å². The van der Waals surface area contributed by atoms with Gasteiger partial charge in [-0.25, -0.2) is 0 Å². The average molecular weight is 288 g/mol. The minimum absolute atomic E-state index is 0.0617. The Morgan fingerprint density at radius 3 is 2.90 bits per heavy atom. The number of benzene rings is 1. The maximum Gasteiger partial charge on any atom is 0.292 e. The lowest BCUT2D eigenvalue weighted by atomic mass is 10.0. The molecule has 1 fully saturated rings. The summed E-state index contributed by atoms with van der Waals surface area (Å²) in [6.45, 7) is 4.38. The number of hydrogen-bond acceptors (Lipinski definition) is 5. The smallest absolute Gasteiger partial charge is 0.292 e. The van der Waals surface area contributed by atoms with Crippen molar-refractivity contribution < 1.29 is 4.92 Å². The van der Waals surface area contributed by atoms with Crippen molar-refractivity contribution in [3.8, 4) is 6.07 Å². The third-order valence-corrected chi connectivity index (χ3v) is 3.88. The first-order valence-electron chi connectivity index (χ1n) is 7.32. The zero-order valence-corrected chi connectivity index (χ0v) is 12.2. The molecule has 112 valence electrons. The Morgan fingerprint density at radius 2 is 2.33 bits per heavy atom. The Bertz CT molecular complexity index is 547. The molecule has 0 aromatic heterocycles. The zero-order chi connectivity index (χ0) is 15.2. The summed E-state index contributed by atoms with van der Waals surface area (Å²) in [5, 5.41) is 23.7. The van der Waals surface area contributed by atoms with Gasteiger partial charge in [0.05, 0.1) is 16.6 Å². The highest BCUT2D eigenvalue weighted by atomic mass is 16.6. The number of nitrogens with one attached hydrogen (secondary N) is 1. The van der Waals surface area contributed by atoms with Crippen LogP contribution < -0.4 is 10.2 Å². The van der Waals surface area contributed by atoms with Crippen molar-refractivity contribution in [1.29, 1.82) is 5.26 Å². The maximum atomic E-state index is 11.2. The van der Waals surface area contributed by atoms with Crippen LogP contribution in [0.3, 0.4) is 0 Å². The molecule has 0 aliphatic carbocycles. The molecule has 1 aromatic rings. The molecule has 21 heavy (non-hydrogen) atoms. The summed E-state index contributed by atoms with van der Waals surface area (Å²) in [4.78, 5) is 12.8. The molecule has 1 aliphatic heterocycles. The third-order valence-electron chi connectivity index (χ3n) is 3.88. The standard InChI is InChI=1S/C15H20N4O2/c1-2-18(11-13-5-3-4-8-17-13)15-9-12(10-16)6-7-14(15)19(20)21/h6-7,9,13,17H,2-5,8,11H2,1H3. The van der Waals surface area contributed by atoms with Gasteiger partial charge in [-0.1, -0.05) is 6.42 Å². The summed E-state index contributed by atoms with van der Waals surface area (Å²) in [5.74, 6) is 0. The van der Waals surface area contributed by atoms with Crippen molar-refractivity contribution >= 4 is 11.4 Å². The van der Waals surface area contributed by atoms with Crippen LogP contribution in [-0.4, -0.2) is 30.6 Å². The Labute approximate surface area is 124 Å². The highest BCUT2D eigenvalue weighted by Gasteiger charge is 2.22. The van der Waals surface area contributed by atoms with Crippen molar-refractivity contribution in [2.45, 2.75) is 32.2 Å². The van der Waals surface area contributed by atoms with E-state index in [4.69, 9.17) is 5.26 Å². The van der Waals surface area contributed by atoms with Crippen molar-refractivity contribution in [1.82, 2.24) is 5.32 Å². The maximum absolute atomic E-state index is 11.2. The molecule has 1 N–H and O–H groups in total. The second kappa shape index (κ2) is 7.04. The van der Waals surface area contributed by atoms with Crippen LogP contribution in [0, 0.1) is 21.4 Å². The number of nitrogens with zero attached hydrogens (tertiary/aromatic N) is 3. The van der Waals surface area contributed by atoms with Gasteiger partial charge in [-0.2, -0.15) is 5.26 Å². The third kappa shape index (κ3) is 3.70. The zero-order valence-electron chi connectivity index (χ0n) is 12.2. The quantitative estimate of drug-likeness (QED) is 0.664. The average Bonchev–Trinajstić information content (AvgIpc) is 2.52. The van der Waals surface area contributed by atoms with Crippen LogP contribution in [0.2, 0.25) is 0 Å². The van der Waals surface area contributed by atoms with Gasteiger partial charge in [0.25, 0.3) is 5.69 Å². The minimum Gasteiger partial charge on any atom is -0.365 e. The fourth-order valence-corrected chi connectivity index (χ4v) is 2.74. The van der Waals surface area contributed by atoms with Crippen molar-refractivity contribution in [3.63, 3.8) is 0 Å². The van der Waals surface area contributed by atoms with E-state index in [1.54, 1.807) is 6.07 Å². The van der Waals surface area contributed by atoms with Gasteiger partial charge in [0.15, 0.2) is 0 Å². The number of nitriles is 1. The lowest BCUT2D eigenvalue weighted by Gasteiger charge is -2.31. The van der Waals surface area contributed by atoms with Crippen LogP contribution >= 0.6 is 0 Å². The fourth-order valence-electron chi connectivity index (χ4n) is 2.74. The second-order valence-electron chi connectivity index (χ2n) is 5.26. The van der Waals surface area contributed by atoms with Crippen molar-refractivity contribution in [3.05, 3.63) is 33.9 Å². The van der Waals surface area contributed by atoms with E-state index in [0.717, 1.165) is 19.5 Å². The highest BCUT2D eigenvalue weighted by Crippen LogP contribution is 2.29. The summed E-state index contributed by atoms with van der Waals surface area (Å²) < 4.78 is 0. The molecular formula is C15H20N4O2. The molecule has 0 amide bonds. The number of rotatable bonds is 5. The van der Waals surface area contributed by atoms with E-state index in [9.17, 15) is 10.1 Å². The number of likely N-dealkylation sites (N-methyl/N-ethyl adjacent to an activating group) is 1. The van der Waals surface area contributed by atoms with Gasteiger partial charge in [-0.15, -0.1) is 0 Å². The topological polar surface area (TPSA) is 82.2 Å². The molecule has 6 heteroatoms. The van der Waals surface area contributed by atoms with Crippen LogP contribution in [0.15, 0.2) is 18.2 Å². The molecule has 6 nitrogen and oxygen atoms in total. The molecule has 0 radical (unpaired) electrons. The summed E-state index contributed by atoms with van der Waals surface area (Å²) in [5.41, 5.74) is 1.05. The van der Waals surface area contributed by atoms with Crippen LogP contribution in [0.5, 0.6) is 0 Å². The minimum atomic E-state index is -0.382. The van der Waals surface area contributed by atoms with E-state index < -0.39 is 0 Å². The van der Waals surface area contributed by atoms with Crippen molar-refractivity contribution in [2.75, 3.05) is 24.5 Å². The fraction of sp³-hybridized carbons (Fsp3) is 0.533. The van der Waals surface area contributed by atoms with Gasteiger partial charge >= 0.3 is 0 Å². The second-order valence-corrected chi connectivity index (χ2v) is 5.26. The van der Waals surface area contributed by atoms with Crippen molar-refractivity contribution in [2.24, 2.45) is 0 Å². The first kappa shape index (κ1) is 15.3. The predicted molar refractivity (Wildman–Crippen MR) is 81.3 cm³/mol. The molecule has 1 heterocycles. The van der Waals surface area contributed by atoms with Gasteiger partial charge in [-0.05, 0) is 38.4 Å². The molecule has 1 saturated heterocycles. The van der Waals surface area contributed by atoms with Crippen LogP contribution in [-0.2, 0) is 0 Å². The van der Waals surface area contributed by atoms with Gasteiger partial charge < -0.3 is 10.2 Å². The first-order valence-corrected chi connectivity index (χ1v) is 7.32. The summed E-state index contributed by atoms with van der Waals surface area (Å²) in [7, 11) is 0. The molecule has 2 rings (SSSR count). The molecule has 0 bridgehead atoms. The number of anilines is 1. The summed E-state index contributed by atoms with van der Waals surface area (Å²) in [6.07, 6.45) is 3.46. The Morgan fingerprint density at radius 1 is 1.52 bits per heavy atom. The first-order chi connectivity index (χ1) is 10.2. The Hall–Kier alpha value is -2.13. The molecule has 1 aromatic carbocycles. The normalized spacial score (nSPS) is 18.0. The van der Waals surface area contributed by atoms with Gasteiger partial charge in [-0.3, -0.25) is 10.1 Å². The molecule has 1 aliphatic rings. The molecule has 1 atom stereocenters. The van der Waals surface area contributed by atoms with E-state index in [-0.39, 0.29) is 10.6 Å². The van der Waals surface area contributed by atoms with Crippen LogP contribution in [0.1, 0.15) is 31.7 Å². The number of hydrogen-bond donors (Lipinski definition) is 1. The van der Waals surface area contributed by atoms with E-state index in [1.807, 2.05) is 11.8 Å². The van der Waals surface area contributed by atoms with E-state index in [0.29, 0.717) is 23.8 Å². The van der Waals surface area contributed by atoms with Gasteiger partial charge in [0.2, 0.25) is 0 Å². The van der Waals surface area contributed by atoms with E-state index >= 15 is 0 Å². The highest BCUT2D eigenvalue weighted by molar-refractivity contribution is 5.66. The largest absolute Gasteiger partial charge is 0.365 e. The summed E-state index contributed by atoms with van der Waals surface area (Å²) in [6, 6.07) is 6.93. The lowest BCUT2D eigenvalue weighted by Crippen LogP contribution is -2.43. The SMILES string of the molecule is CCN(CC1CCCCN1)c1cc(C#N)ccc1[N+](=O)[O-]. The number of nitro groups is 1. The Kier molecular flexibility index (Phi) is 5.12. The molecule has 0 saturated carbocycles. The molecule has 0 spiro atoms. The lowest BCUT2D eigenvalue weighted by molar-refractivity contribution is -0.384. The Balaban J connectivity index is 2.26. The van der Waals surface area contributed by atoms with Crippen LogP contribution in [0.4, 0.5) is 11.4 Å². The monoisotopic (exact) mass is 288 g/mol.